The maximum Gasteiger partial charge on any atom is 0.294 e. The molecule has 0 bridgehead atoms. The molecule has 1 aliphatic rings. The van der Waals surface area contributed by atoms with Gasteiger partial charge in [0.25, 0.3) is 10.1 Å². The molecule has 1 atom stereocenters. The van der Waals surface area contributed by atoms with Gasteiger partial charge in [0.15, 0.2) is 5.71 Å². The minimum Gasteiger partial charge on any atom is -0.282 e. The van der Waals surface area contributed by atoms with Crippen LogP contribution in [0.25, 0.3) is 0 Å². The molecule has 2 rings (SSSR count). The Kier molecular flexibility index (Phi) is 2.40. The Bertz CT molecular complexity index is 587. The lowest BCUT2D eigenvalue weighted by molar-refractivity contribution is -0.402. The van der Waals surface area contributed by atoms with Gasteiger partial charge in [0, 0.05) is 18.6 Å². The number of nitrogens with zero attached hydrogens (tertiary/aromatic N) is 1. The largest absolute Gasteiger partial charge is 0.294 e. The van der Waals surface area contributed by atoms with E-state index < -0.39 is 10.1 Å². The molecule has 1 aromatic carbocycles. The highest BCUT2D eigenvalue weighted by molar-refractivity contribution is 7.85. The number of hydrogen-bond acceptors (Lipinski definition) is 2. The third kappa shape index (κ3) is 1.56. The van der Waals surface area contributed by atoms with Gasteiger partial charge in [-0.3, -0.25) is 4.55 Å². The van der Waals surface area contributed by atoms with Crippen LogP contribution in [0.15, 0.2) is 23.1 Å². The maximum absolute atomic E-state index is 11.0. The van der Waals surface area contributed by atoms with Crippen molar-refractivity contribution >= 4 is 21.5 Å². The van der Waals surface area contributed by atoms with Gasteiger partial charge in [-0.25, -0.2) is 4.58 Å². The highest BCUT2D eigenvalue weighted by Gasteiger charge is 2.32. The molecule has 86 valence electrons. The van der Waals surface area contributed by atoms with E-state index in [1.54, 1.807) is 12.1 Å². The first-order valence-corrected chi connectivity index (χ1v) is 6.45. The first-order valence-electron chi connectivity index (χ1n) is 5.01. The minimum atomic E-state index is -4.11. The van der Waals surface area contributed by atoms with Gasteiger partial charge in [0.05, 0.1) is 10.8 Å². The fourth-order valence-electron chi connectivity index (χ4n) is 2.05. The van der Waals surface area contributed by atoms with E-state index in [-0.39, 0.29) is 10.8 Å². The number of rotatable bonds is 1. The Morgan fingerprint density at radius 2 is 2.00 bits per heavy atom. The van der Waals surface area contributed by atoms with E-state index in [1.807, 2.05) is 25.5 Å². The third-order valence-electron chi connectivity index (χ3n) is 3.28. The van der Waals surface area contributed by atoms with Crippen molar-refractivity contribution in [2.75, 3.05) is 7.05 Å². The predicted octanol–water partition coefficient (Wildman–Crippen LogP) is 1.79. The summed E-state index contributed by atoms with van der Waals surface area (Å²) in [6.45, 7) is 4.03. The lowest BCUT2D eigenvalue weighted by Gasteiger charge is -2.02. The molecule has 0 aliphatic carbocycles. The molecule has 0 radical (unpaired) electrons. The fourth-order valence-corrected chi connectivity index (χ4v) is 2.57. The van der Waals surface area contributed by atoms with E-state index in [4.69, 9.17) is 4.55 Å². The molecule has 0 fully saturated rings. The van der Waals surface area contributed by atoms with Gasteiger partial charge in [-0.1, -0.05) is 0 Å². The molecule has 1 aliphatic heterocycles. The summed E-state index contributed by atoms with van der Waals surface area (Å²) in [6, 6.07) is 4.70. The van der Waals surface area contributed by atoms with Crippen LogP contribution < -0.4 is 0 Å². The molecule has 0 aromatic heterocycles. The predicted molar refractivity (Wildman–Crippen MR) is 61.2 cm³/mol. The summed E-state index contributed by atoms with van der Waals surface area (Å²) in [7, 11) is -2.16. The second-order valence-electron chi connectivity index (χ2n) is 4.12. The van der Waals surface area contributed by atoms with Gasteiger partial charge in [0.2, 0.25) is 5.69 Å². The summed E-state index contributed by atoms with van der Waals surface area (Å²) in [5.74, 6) is 0.182. The molecule has 5 heteroatoms. The third-order valence-corrected chi connectivity index (χ3v) is 4.13. The van der Waals surface area contributed by atoms with Gasteiger partial charge in [-0.2, -0.15) is 8.42 Å². The van der Waals surface area contributed by atoms with Crippen molar-refractivity contribution in [1.82, 2.24) is 0 Å². The van der Waals surface area contributed by atoms with Crippen LogP contribution >= 0.6 is 0 Å². The molecular formula is C11H14NO3S+. The molecule has 1 aromatic rings. The number of benzene rings is 1. The van der Waals surface area contributed by atoms with Crippen LogP contribution in [0.2, 0.25) is 0 Å². The number of hydrogen-bond donors (Lipinski definition) is 1. The topological polar surface area (TPSA) is 57.4 Å². The standard InChI is InChI=1S/C11H13NO3S/c1-7-8(2)12(3)11-5-4-9(6-10(7)11)16(13,14)15/h4-7H,1-3H3/p+1. The normalized spacial score (nSPS) is 20.1. The lowest BCUT2D eigenvalue weighted by Crippen LogP contribution is -2.06. The Labute approximate surface area is 95.0 Å². The molecule has 0 spiro atoms. The molecule has 1 heterocycles. The van der Waals surface area contributed by atoms with Crippen LogP contribution in [-0.4, -0.2) is 30.3 Å². The summed E-state index contributed by atoms with van der Waals surface area (Å²) < 4.78 is 33.1. The summed E-state index contributed by atoms with van der Waals surface area (Å²) in [6.07, 6.45) is 0. The zero-order valence-corrected chi connectivity index (χ0v) is 10.2. The summed E-state index contributed by atoms with van der Waals surface area (Å²) in [5.41, 5.74) is 3.11. The van der Waals surface area contributed by atoms with Gasteiger partial charge in [-0.15, -0.1) is 0 Å². The van der Waals surface area contributed by atoms with Crippen LogP contribution in [-0.2, 0) is 10.1 Å². The zero-order valence-electron chi connectivity index (χ0n) is 9.43. The van der Waals surface area contributed by atoms with Crippen molar-refractivity contribution < 1.29 is 17.5 Å². The highest BCUT2D eigenvalue weighted by atomic mass is 32.2. The molecule has 0 saturated carbocycles. The zero-order chi connectivity index (χ0) is 12.1. The van der Waals surface area contributed by atoms with Gasteiger partial charge >= 0.3 is 0 Å². The quantitative estimate of drug-likeness (QED) is 0.601. The van der Waals surface area contributed by atoms with Crippen LogP contribution in [0.1, 0.15) is 25.3 Å². The first-order chi connectivity index (χ1) is 7.32. The van der Waals surface area contributed by atoms with Crippen LogP contribution in [0, 0.1) is 0 Å². The Morgan fingerprint density at radius 3 is 2.56 bits per heavy atom. The number of fused-ring (bicyclic) bond motifs is 1. The lowest BCUT2D eigenvalue weighted by atomic mass is 9.99. The Morgan fingerprint density at radius 1 is 1.38 bits per heavy atom. The second-order valence-corrected chi connectivity index (χ2v) is 5.54. The first kappa shape index (κ1) is 11.3. The smallest absolute Gasteiger partial charge is 0.282 e. The van der Waals surface area contributed by atoms with Crippen molar-refractivity contribution in [2.45, 2.75) is 24.7 Å². The van der Waals surface area contributed by atoms with E-state index in [1.165, 1.54) is 11.8 Å². The average Bonchev–Trinajstić information content (AvgIpc) is 2.43. The van der Waals surface area contributed by atoms with Crippen LogP contribution in [0.4, 0.5) is 5.69 Å². The summed E-state index contributed by atoms with van der Waals surface area (Å²) in [5, 5.41) is 0. The minimum absolute atomic E-state index is 0.0406. The van der Waals surface area contributed by atoms with E-state index in [9.17, 15) is 8.42 Å². The van der Waals surface area contributed by atoms with Crippen LogP contribution in [0.3, 0.4) is 0 Å². The van der Waals surface area contributed by atoms with Gasteiger partial charge < -0.3 is 0 Å². The molecule has 1 unspecified atom stereocenters. The van der Waals surface area contributed by atoms with E-state index in [2.05, 4.69) is 0 Å². The second kappa shape index (κ2) is 3.40. The molecule has 16 heavy (non-hydrogen) atoms. The molecule has 0 amide bonds. The van der Waals surface area contributed by atoms with Crippen molar-refractivity contribution in [3.63, 3.8) is 0 Å². The maximum atomic E-state index is 11.0. The highest BCUT2D eigenvalue weighted by Crippen LogP contribution is 2.35. The monoisotopic (exact) mass is 240 g/mol. The summed E-state index contributed by atoms with van der Waals surface area (Å²) in [4.78, 5) is -0.0406. The molecular weight excluding hydrogens is 226 g/mol. The van der Waals surface area contributed by atoms with Gasteiger partial charge in [-0.05, 0) is 19.1 Å². The van der Waals surface area contributed by atoms with Crippen LogP contribution in [0.5, 0.6) is 0 Å². The van der Waals surface area contributed by atoms with Gasteiger partial charge in [0.1, 0.15) is 7.05 Å². The van der Waals surface area contributed by atoms with Crippen molar-refractivity contribution in [3.8, 4) is 0 Å². The Hall–Kier alpha value is -1.20. The van der Waals surface area contributed by atoms with E-state index in [0.29, 0.717) is 0 Å². The molecule has 0 saturated heterocycles. The van der Waals surface area contributed by atoms with Crippen molar-refractivity contribution in [3.05, 3.63) is 23.8 Å². The van der Waals surface area contributed by atoms with Crippen molar-refractivity contribution in [1.29, 1.82) is 0 Å². The van der Waals surface area contributed by atoms with E-state index >= 15 is 0 Å². The van der Waals surface area contributed by atoms with E-state index in [0.717, 1.165) is 11.3 Å². The van der Waals surface area contributed by atoms with Crippen molar-refractivity contribution in [2.24, 2.45) is 0 Å². The fraction of sp³-hybridized carbons (Fsp3) is 0.364. The SMILES string of the molecule is CC1=[N+](C)c2ccc(S(=O)(=O)O)cc2C1C. The summed E-state index contributed by atoms with van der Waals surface area (Å²) >= 11 is 0. The average molecular weight is 240 g/mol. The Balaban J connectivity index is 2.64. The molecule has 4 nitrogen and oxygen atoms in total. The molecule has 1 N–H and O–H groups in total.